The molecule has 4 nitrogen and oxygen atoms in total. The first-order chi connectivity index (χ1) is 18.2. The maximum absolute atomic E-state index is 9.77. The molecule has 200 valence electrons. The Hall–Kier alpha value is -2.43. The lowest BCUT2D eigenvalue weighted by Gasteiger charge is -2.36. The van der Waals surface area contributed by atoms with Crippen molar-refractivity contribution in [2.24, 2.45) is 5.92 Å². The number of aliphatic hydroxyl groups is 1. The molecule has 1 heterocycles. The molecule has 0 spiro atoms. The number of rotatable bonds is 14. The van der Waals surface area contributed by atoms with Gasteiger partial charge in [0.05, 0.1) is 24.5 Å². The standard InChI is InChI=1S/C33H47N3O/c1-3-5-20-31(32-23-34-33(36(32)21-6-4-2)30-18-11-8-12-19-30)35(24-27-14-9-7-10-15-27)25-28-16-13-17-29(22-28)26-37/h8,11-13,16-19,22-23,27,31,37H,3-7,9-10,14-15,20-21,24-26H2,1-2H3. The van der Waals surface area contributed by atoms with E-state index in [9.17, 15) is 5.11 Å². The van der Waals surface area contributed by atoms with Crippen LogP contribution in [-0.2, 0) is 19.7 Å². The van der Waals surface area contributed by atoms with E-state index in [1.807, 2.05) is 6.07 Å². The summed E-state index contributed by atoms with van der Waals surface area (Å²) < 4.78 is 2.52. The van der Waals surface area contributed by atoms with Crippen molar-refractivity contribution < 1.29 is 5.11 Å². The normalized spacial score (nSPS) is 15.4. The Bertz CT molecular complexity index is 1050. The Morgan fingerprint density at radius 3 is 2.43 bits per heavy atom. The van der Waals surface area contributed by atoms with Crippen LogP contribution in [0.4, 0.5) is 0 Å². The fraction of sp³-hybridized carbons (Fsp3) is 0.545. The predicted molar refractivity (Wildman–Crippen MR) is 154 cm³/mol. The van der Waals surface area contributed by atoms with Gasteiger partial charge in [-0.05, 0) is 42.7 Å². The third-order valence-corrected chi connectivity index (χ3v) is 8.04. The van der Waals surface area contributed by atoms with Crippen molar-refractivity contribution in [2.75, 3.05) is 6.54 Å². The van der Waals surface area contributed by atoms with Crippen LogP contribution in [-0.4, -0.2) is 26.1 Å². The number of hydrogen-bond donors (Lipinski definition) is 1. The van der Waals surface area contributed by atoms with Crippen LogP contribution in [0, 0.1) is 5.92 Å². The van der Waals surface area contributed by atoms with Gasteiger partial charge in [-0.1, -0.05) is 107 Å². The van der Waals surface area contributed by atoms with Crippen molar-refractivity contribution in [3.8, 4) is 11.4 Å². The van der Waals surface area contributed by atoms with Crippen molar-refractivity contribution in [3.05, 3.63) is 77.6 Å². The SMILES string of the molecule is CCCCC(c1cnc(-c2ccccc2)n1CCCC)N(Cc1cccc(CO)c1)CC1CCCCC1. The van der Waals surface area contributed by atoms with Gasteiger partial charge in [-0.3, -0.25) is 4.90 Å². The van der Waals surface area contributed by atoms with E-state index in [0.717, 1.165) is 49.8 Å². The summed E-state index contributed by atoms with van der Waals surface area (Å²) in [6.45, 7) is 7.74. The third kappa shape index (κ3) is 7.55. The maximum Gasteiger partial charge on any atom is 0.140 e. The molecule has 0 amide bonds. The van der Waals surface area contributed by atoms with Crippen molar-refractivity contribution in [2.45, 2.75) is 104 Å². The Morgan fingerprint density at radius 2 is 1.70 bits per heavy atom. The molecule has 0 aliphatic heterocycles. The average molecular weight is 502 g/mol. The predicted octanol–water partition coefficient (Wildman–Crippen LogP) is 8.16. The van der Waals surface area contributed by atoms with E-state index in [0.29, 0.717) is 6.04 Å². The average Bonchev–Trinajstić information content (AvgIpc) is 3.36. The second-order valence-corrected chi connectivity index (χ2v) is 10.9. The van der Waals surface area contributed by atoms with Crippen LogP contribution in [0.15, 0.2) is 60.8 Å². The lowest BCUT2D eigenvalue weighted by atomic mass is 9.88. The van der Waals surface area contributed by atoms with Crippen LogP contribution in [0.5, 0.6) is 0 Å². The number of nitrogens with zero attached hydrogens (tertiary/aromatic N) is 3. The van der Waals surface area contributed by atoms with Gasteiger partial charge in [-0.2, -0.15) is 0 Å². The molecule has 1 N–H and O–H groups in total. The fourth-order valence-corrected chi connectivity index (χ4v) is 6.00. The molecule has 1 fully saturated rings. The second kappa shape index (κ2) is 14.5. The van der Waals surface area contributed by atoms with Crippen LogP contribution < -0.4 is 0 Å². The summed E-state index contributed by atoms with van der Waals surface area (Å²) in [4.78, 5) is 7.80. The lowest BCUT2D eigenvalue weighted by Crippen LogP contribution is -2.35. The van der Waals surface area contributed by atoms with Gasteiger partial charge in [0.2, 0.25) is 0 Å². The minimum absolute atomic E-state index is 0.0972. The van der Waals surface area contributed by atoms with Crippen molar-refractivity contribution in [1.29, 1.82) is 0 Å². The maximum atomic E-state index is 9.77. The number of aliphatic hydroxyl groups excluding tert-OH is 1. The summed E-state index contributed by atoms with van der Waals surface area (Å²) in [6.07, 6.45) is 14.9. The second-order valence-electron chi connectivity index (χ2n) is 10.9. The zero-order valence-corrected chi connectivity index (χ0v) is 23.1. The molecule has 1 unspecified atom stereocenters. The lowest BCUT2D eigenvalue weighted by molar-refractivity contribution is 0.127. The Morgan fingerprint density at radius 1 is 0.946 bits per heavy atom. The summed E-state index contributed by atoms with van der Waals surface area (Å²) in [5.74, 6) is 1.87. The zero-order valence-electron chi connectivity index (χ0n) is 23.1. The molecule has 1 aliphatic carbocycles. The highest BCUT2D eigenvalue weighted by atomic mass is 16.3. The first kappa shape index (κ1) is 27.6. The van der Waals surface area contributed by atoms with Crippen LogP contribution in [0.1, 0.15) is 101 Å². The van der Waals surface area contributed by atoms with Gasteiger partial charge in [0.1, 0.15) is 5.82 Å². The van der Waals surface area contributed by atoms with Gasteiger partial charge in [-0.15, -0.1) is 0 Å². The molecular weight excluding hydrogens is 454 g/mol. The van der Waals surface area contributed by atoms with E-state index >= 15 is 0 Å². The fourth-order valence-electron chi connectivity index (χ4n) is 6.00. The van der Waals surface area contributed by atoms with Crippen molar-refractivity contribution in [3.63, 3.8) is 0 Å². The first-order valence-electron chi connectivity index (χ1n) is 14.8. The highest BCUT2D eigenvalue weighted by Crippen LogP contribution is 2.35. The first-order valence-corrected chi connectivity index (χ1v) is 14.8. The van der Waals surface area contributed by atoms with Gasteiger partial charge >= 0.3 is 0 Å². The summed E-state index contributed by atoms with van der Waals surface area (Å²) in [6, 6.07) is 19.6. The number of imidazole rings is 1. The largest absolute Gasteiger partial charge is 0.392 e. The summed E-state index contributed by atoms with van der Waals surface area (Å²) in [5, 5.41) is 9.77. The molecule has 0 saturated heterocycles. The molecule has 0 bridgehead atoms. The molecule has 4 heteroatoms. The third-order valence-electron chi connectivity index (χ3n) is 8.04. The number of benzene rings is 2. The molecule has 2 aromatic carbocycles. The minimum atomic E-state index is 0.0972. The van der Waals surface area contributed by atoms with E-state index in [-0.39, 0.29) is 6.61 Å². The van der Waals surface area contributed by atoms with E-state index < -0.39 is 0 Å². The van der Waals surface area contributed by atoms with Gasteiger partial charge in [0.25, 0.3) is 0 Å². The molecule has 0 radical (unpaired) electrons. The van der Waals surface area contributed by atoms with E-state index in [1.165, 1.54) is 68.2 Å². The Labute approximate surface area is 224 Å². The molecule has 1 aliphatic rings. The van der Waals surface area contributed by atoms with Crippen molar-refractivity contribution in [1.82, 2.24) is 14.5 Å². The van der Waals surface area contributed by atoms with Gasteiger partial charge in [0, 0.05) is 25.2 Å². The monoisotopic (exact) mass is 501 g/mol. The van der Waals surface area contributed by atoms with Gasteiger partial charge in [0.15, 0.2) is 0 Å². The van der Waals surface area contributed by atoms with Crippen LogP contribution in [0.3, 0.4) is 0 Å². The minimum Gasteiger partial charge on any atom is -0.392 e. The topological polar surface area (TPSA) is 41.3 Å². The summed E-state index contributed by atoms with van der Waals surface area (Å²) >= 11 is 0. The number of hydrogen-bond acceptors (Lipinski definition) is 3. The summed E-state index contributed by atoms with van der Waals surface area (Å²) in [7, 11) is 0. The highest BCUT2D eigenvalue weighted by Gasteiger charge is 2.28. The molecule has 1 saturated carbocycles. The molecule has 37 heavy (non-hydrogen) atoms. The molecule has 1 aromatic heterocycles. The van der Waals surface area contributed by atoms with E-state index in [4.69, 9.17) is 4.98 Å². The smallest absolute Gasteiger partial charge is 0.140 e. The highest BCUT2D eigenvalue weighted by molar-refractivity contribution is 5.56. The van der Waals surface area contributed by atoms with Gasteiger partial charge in [-0.25, -0.2) is 4.98 Å². The quantitative estimate of drug-likeness (QED) is 0.242. The van der Waals surface area contributed by atoms with Crippen LogP contribution >= 0.6 is 0 Å². The van der Waals surface area contributed by atoms with E-state index in [1.54, 1.807) is 0 Å². The zero-order chi connectivity index (χ0) is 25.9. The molecular formula is C33H47N3O. The number of aromatic nitrogens is 2. The van der Waals surface area contributed by atoms with Crippen molar-refractivity contribution >= 4 is 0 Å². The number of unbranched alkanes of at least 4 members (excludes halogenated alkanes) is 2. The van der Waals surface area contributed by atoms with Crippen LogP contribution in [0.2, 0.25) is 0 Å². The van der Waals surface area contributed by atoms with E-state index in [2.05, 4.69) is 78.0 Å². The molecule has 4 rings (SSSR count). The molecule has 1 atom stereocenters. The van der Waals surface area contributed by atoms with Gasteiger partial charge < -0.3 is 9.67 Å². The van der Waals surface area contributed by atoms with Crippen LogP contribution in [0.25, 0.3) is 11.4 Å². The Balaban J connectivity index is 1.73. The Kier molecular flexibility index (Phi) is 10.8. The molecule has 3 aromatic rings. The summed E-state index contributed by atoms with van der Waals surface area (Å²) in [5.41, 5.74) is 4.87.